The Bertz CT molecular complexity index is 809. The number of anilines is 1. The maximum atomic E-state index is 8.85. The summed E-state index contributed by atoms with van der Waals surface area (Å²) in [6.45, 7) is 0. The Balaban J connectivity index is 1.88. The minimum atomic E-state index is 0.674. The van der Waals surface area contributed by atoms with E-state index in [1.54, 1.807) is 11.3 Å². The van der Waals surface area contributed by atoms with Gasteiger partial charge in [-0.15, -0.1) is 11.3 Å². The Hall–Kier alpha value is -2.64. The molecule has 1 heterocycles. The number of nitriles is 1. The van der Waals surface area contributed by atoms with Gasteiger partial charge < -0.3 is 4.90 Å². The molecule has 0 amide bonds. The van der Waals surface area contributed by atoms with Crippen molar-refractivity contribution in [3.05, 3.63) is 60.3 Å². The molecule has 0 spiro atoms. The van der Waals surface area contributed by atoms with Gasteiger partial charge in [0, 0.05) is 31.5 Å². The van der Waals surface area contributed by atoms with Crippen molar-refractivity contribution >= 4 is 17.0 Å². The van der Waals surface area contributed by atoms with Crippen LogP contribution in [0, 0.1) is 11.3 Å². The summed E-state index contributed by atoms with van der Waals surface area (Å²) in [5.74, 6) is 0. The van der Waals surface area contributed by atoms with Crippen LogP contribution in [0.15, 0.2) is 54.7 Å². The lowest BCUT2D eigenvalue weighted by Crippen LogP contribution is -2.07. The van der Waals surface area contributed by atoms with Gasteiger partial charge in [-0.1, -0.05) is 12.1 Å². The van der Waals surface area contributed by atoms with Crippen LogP contribution >= 0.6 is 11.3 Å². The van der Waals surface area contributed by atoms with Crippen molar-refractivity contribution in [2.24, 2.45) is 0 Å². The van der Waals surface area contributed by atoms with Crippen molar-refractivity contribution in [3.8, 4) is 27.1 Å². The lowest BCUT2D eigenvalue weighted by molar-refractivity contribution is 1.13. The van der Waals surface area contributed by atoms with E-state index >= 15 is 0 Å². The van der Waals surface area contributed by atoms with Crippen molar-refractivity contribution in [2.75, 3.05) is 19.0 Å². The summed E-state index contributed by atoms with van der Waals surface area (Å²) < 4.78 is 0. The van der Waals surface area contributed by atoms with Gasteiger partial charge in [0.2, 0.25) is 0 Å². The molecule has 4 heteroatoms. The topological polar surface area (TPSA) is 39.9 Å². The number of rotatable bonds is 3. The molecule has 0 N–H and O–H groups in total. The van der Waals surface area contributed by atoms with Gasteiger partial charge in [0.1, 0.15) is 5.01 Å². The minimum absolute atomic E-state index is 0.674. The van der Waals surface area contributed by atoms with Crippen LogP contribution in [0.2, 0.25) is 0 Å². The van der Waals surface area contributed by atoms with E-state index in [9.17, 15) is 0 Å². The first-order valence-corrected chi connectivity index (χ1v) is 7.73. The normalized spacial score (nSPS) is 10.2. The fraction of sp³-hybridized carbons (Fsp3) is 0.111. The molecule has 0 aliphatic carbocycles. The highest BCUT2D eigenvalue weighted by Gasteiger charge is 2.07. The maximum absolute atomic E-state index is 8.85. The monoisotopic (exact) mass is 305 g/mol. The quantitative estimate of drug-likeness (QED) is 0.719. The van der Waals surface area contributed by atoms with Crippen molar-refractivity contribution in [3.63, 3.8) is 0 Å². The zero-order valence-corrected chi connectivity index (χ0v) is 13.3. The van der Waals surface area contributed by atoms with Crippen LogP contribution in [0.1, 0.15) is 5.56 Å². The first-order valence-electron chi connectivity index (χ1n) is 6.91. The van der Waals surface area contributed by atoms with E-state index in [1.165, 1.54) is 5.69 Å². The van der Waals surface area contributed by atoms with E-state index < -0.39 is 0 Å². The second-order valence-corrected chi connectivity index (χ2v) is 6.19. The van der Waals surface area contributed by atoms with Crippen LogP contribution in [0.4, 0.5) is 5.69 Å². The molecule has 0 saturated carbocycles. The van der Waals surface area contributed by atoms with Gasteiger partial charge in [-0.05, 0) is 42.0 Å². The third-order valence-corrected chi connectivity index (χ3v) is 4.53. The summed E-state index contributed by atoms with van der Waals surface area (Å²) in [4.78, 5) is 7.70. The molecule has 0 aliphatic heterocycles. The van der Waals surface area contributed by atoms with E-state index in [4.69, 9.17) is 5.26 Å². The number of thiazole rings is 1. The van der Waals surface area contributed by atoms with Gasteiger partial charge >= 0.3 is 0 Å². The zero-order chi connectivity index (χ0) is 15.5. The average Bonchev–Trinajstić information content (AvgIpc) is 3.05. The average molecular weight is 305 g/mol. The second kappa shape index (κ2) is 6.00. The van der Waals surface area contributed by atoms with Crippen molar-refractivity contribution in [1.29, 1.82) is 5.26 Å². The largest absolute Gasteiger partial charge is 0.378 e. The van der Waals surface area contributed by atoms with Crippen LogP contribution < -0.4 is 4.90 Å². The molecule has 1 aromatic heterocycles. The molecular formula is C18H15N3S. The molecule has 2 aromatic carbocycles. The number of nitrogens with zero attached hydrogens (tertiary/aromatic N) is 3. The lowest BCUT2D eigenvalue weighted by atomic mass is 10.1. The van der Waals surface area contributed by atoms with Gasteiger partial charge in [-0.2, -0.15) is 5.26 Å². The number of benzene rings is 2. The summed E-state index contributed by atoms with van der Waals surface area (Å²) >= 11 is 1.66. The maximum Gasteiger partial charge on any atom is 0.123 e. The summed E-state index contributed by atoms with van der Waals surface area (Å²) in [5.41, 5.74) is 4.06. The molecule has 3 aromatic rings. The van der Waals surface area contributed by atoms with E-state index in [0.29, 0.717) is 5.56 Å². The number of hydrogen-bond acceptors (Lipinski definition) is 4. The second-order valence-electron chi connectivity index (χ2n) is 5.16. The standard InChI is InChI=1S/C18H15N3S/c1-21(2)16-9-7-15(8-10-16)18-20-12-17(22-18)14-5-3-13(11-19)4-6-14/h3-10,12H,1-2H3. The molecule has 3 nitrogen and oxygen atoms in total. The molecule has 0 atom stereocenters. The molecule has 22 heavy (non-hydrogen) atoms. The van der Waals surface area contributed by atoms with Gasteiger partial charge in [0.05, 0.1) is 16.5 Å². The Morgan fingerprint density at radius 3 is 2.18 bits per heavy atom. The molecule has 3 rings (SSSR count). The molecule has 0 fully saturated rings. The lowest BCUT2D eigenvalue weighted by Gasteiger charge is -2.11. The van der Waals surface area contributed by atoms with Gasteiger partial charge in [-0.25, -0.2) is 4.98 Å². The zero-order valence-electron chi connectivity index (χ0n) is 12.4. The van der Waals surface area contributed by atoms with E-state index in [1.807, 2.05) is 44.6 Å². The minimum Gasteiger partial charge on any atom is -0.378 e. The van der Waals surface area contributed by atoms with Crippen LogP contribution in [0.25, 0.3) is 21.0 Å². The van der Waals surface area contributed by atoms with Crippen molar-refractivity contribution in [1.82, 2.24) is 4.98 Å². The highest BCUT2D eigenvalue weighted by Crippen LogP contribution is 2.32. The fourth-order valence-electron chi connectivity index (χ4n) is 2.15. The summed E-state index contributed by atoms with van der Waals surface area (Å²) in [6.07, 6.45) is 1.89. The first-order chi connectivity index (χ1) is 10.7. The van der Waals surface area contributed by atoms with E-state index in [2.05, 4.69) is 40.2 Å². The molecule has 0 bridgehead atoms. The smallest absolute Gasteiger partial charge is 0.123 e. The Morgan fingerprint density at radius 1 is 0.955 bits per heavy atom. The molecule has 0 radical (unpaired) electrons. The summed E-state index contributed by atoms with van der Waals surface area (Å²) in [5, 5.41) is 9.85. The van der Waals surface area contributed by atoms with Crippen LogP contribution in [0.5, 0.6) is 0 Å². The first kappa shape index (κ1) is 14.3. The molecule has 0 saturated heterocycles. The molecule has 0 unspecified atom stereocenters. The predicted molar refractivity (Wildman–Crippen MR) is 92.0 cm³/mol. The van der Waals surface area contributed by atoms with Crippen LogP contribution in [-0.2, 0) is 0 Å². The van der Waals surface area contributed by atoms with Crippen LogP contribution in [-0.4, -0.2) is 19.1 Å². The number of hydrogen-bond donors (Lipinski definition) is 0. The van der Waals surface area contributed by atoms with E-state index in [0.717, 1.165) is 21.0 Å². The van der Waals surface area contributed by atoms with E-state index in [-0.39, 0.29) is 0 Å². The van der Waals surface area contributed by atoms with Crippen molar-refractivity contribution < 1.29 is 0 Å². The number of aromatic nitrogens is 1. The highest BCUT2D eigenvalue weighted by molar-refractivity contribution is 7.18. The summed E-state index contributed by atoms with van der Waals surface area (Å²) in [7, 11) is 4.06. The predicted octanol–water partition coefficient (Wildman–Crippen LogP) is 4.41. The van der Waals surface area contributed by atoms with Crippen LogP contribution in [0.3, 0.4) is 0 Å². The third-order valence-electron chi connectivity index (χ3n) is 3.43. The highest BCUT2D eigenvalue weighted by atomic mass is 32.1. The van der Waals surface area contributed by atoms with Gasteiger partial charge in [0.15, 0.2) is 0 Å². The Morgan fingerprint density at radius 2 is 1.59 bits per heavy atom. The van der Waals surface area contributed by atoms with Crippen molar-refractivity contribution in [2.45, 2.75) is 0 Å². The SMILES string of the molecule is CN(C)c1ccc(-c2ncc(-c3ccc(C#N)cc3)s2)cc1. The van der Waals surface area contributed by atoms with Gasteiger partial charge in [-0.3, -0.25) is 0 Å². The fourth-order valence-corrected chi connectivity index (χ4v) is 3.08. The Kier molecular flexibility index (Phi) is 3.90. The Labute approximate surface area is 134 Å². The molecular weight excluding hydrogens is 290 g/mol. The molecule has 0 aliphatic rings. The summed E-state index contributed by atoms with van der Waals surface area (Å²) in [6, 6.07) is 18.1. The third kappa shape index (κ3) is 2.85. The van der Waals surface area contributed by atoms with Gasteiger partial charge in [0.25, 0.3) is 0 Å². The molecule has 108 valence electrons.